The molecule has 4 aromatic rings. The molecule has 0 aliphatic carbocycles. The number of hydrogen-bond acceptors (Lipinski definition) is 13. The van der Waals surface area contributed by atoms with E-state index in [-0.39, 0.29) is 24.5 Å². The van der Waals surface area contributed by atoms with Gasteiger partial charge in [-0.05, 0) is 12.1 Å². The number of ether oxygens (including phenoxy) is 3. The maximum atomic E-state index is 13.9. The van der Waals surface area contributed by atoms with E-state index in [1.165, 1.54) is 46.8 Å². The molecular weight excluding hydrogens is 609 g/mol. The van der Waals surface area contributed by atoms with Gasteiger partial charge >= 0.3 is 0 Å². The third-order valence-corrected chi connectivity index (χ3v) is 8.93. The number of aliphatic hydroxyl groups excluding tert-OH is 3. The third-order valence-electron chi connectivity index (χ3n) is 7.52. The van der Waals surface area contributed by atoms with Crippen molar-refractivity contribution >= 4 is 11.8 Å². The van der Waals surface area contributed by atoms with E-state index in [0.29, 0.717) is 11.4 Å². The summed E-state index contributed by atoms with van der Waals surface area (Å²) in [5.74, 6) is -4.40. The van der Waals surface area contributed by atoms with E-state index in [9.17, 15) is 28.5 Å². The molecular formula is C26H27F3N8O6S. The first kappa shape index (κ1) is 30.5. The lowest BCUT2D eigenvalue weighted by Crippen LogP contribution is -2.56. The third kappa shape index (κ3) is 5.81. The van der Waals surface area contributed by atoms with Gasteiger partial charge in [-0.25, -0.2) is 22.5 Å². The molecule has 0 radical (unpaired) electrons. The number of benzene rings is 1. The zero-order valence-electron chi connectivity index (χ0n) is 23.0. The van der Waals surface area contributed by atoms with Gasteiger partial charge < -0.3 is 29.5 Å². The summed E-state index contributed by atoms with van der Waals surface area (Å²) in [6.07, 6.45) is 3.26. The van der Waals surface area contributed by atoms with Gasteiger partial charge in [0, 0.05) is 25.1 Å². The van der Waals surface area contributed by atoms with Crippen molar-refractivity contribution in [2.45, 2.75) is 47.2 Å². The fourth-order valence-electron chi connectivity index (χ4n) is 5.24. The molecule has 0 spiro atoms. The summed E-state index contributed by atoms with van der Waals surface area (Å²) in [5, 5.41) is 48.2. The molecule has 3 aromatic heterocycles. The number of methoxy groups -OCH3 is 1. The minimum Gasteiger partial charge on any atom is -0.394 e. The Morgan fingerprint density at radius 1 is 0.977 bits per heavy atom. The molecule has 2 aliphatic rings. The van der Waals surface area contributed by atoms with Gasteiger partial charge in [-0.3, -0.25) is 9.97 Å². The van der Waals surface area contributed by atoms with Gasteiger partial charge in [0.1, 0.15) is 52.9 Å². The Hall–Kier alpha value is -3.52. The SMILES string of the molecule is COC1C(SC2COCC(n3cc(-c4cnccn4)nn3)C2O)OC(CO)C(O)C1n1cc(-c2cc(F)c(F)c(F)c2)nn1. The van der Waals surface area contributed by atoms with Gasteiger partial charge in [-0.15, -0.1) is 22.0 Å². The molecule has 0 bridgehead atoms. The van der Waals surface area contributed by atoms with Crippen LogP contribution in [-0.4, -0.2) is 117 Å². The highest BCUT2D eigenvalue weighted by atomic mass is 32.2. The van der Waals surface area contributed by atoms with Crippen LogP contribution < -0.4 is 0 Å². The normalized spacial score (nSPS) is 29.2. The van der Waals surface area contributed by atoms with Crippen LogP contribution in [0, 0.1) is 17.5 Å². The fourth-order valence-corrected chi connectivity index (χ4v) is 6.74. The Bertz CT molecular complexity index is 1560. The second-order valence-corrected chi connectivity index (χ2v) is 11.5. The Balaban J connectivity index is 1.23. The zero-order chi connectivity index (χ0) is 31.0. The number of rotatable bonds is 8. The van der Waals surface area contributed by atoms with Crippen LogP contribution in [0.1, 0.15) is 12.1 Å². The van der Waals surface area contributed by atoms with Crippen molar-refractivity contribution < 1.29 is 42.7 Å². The van der Waals surface area contributed by atoms with E-state index in [1.54, 1.807) is 12.4 Å². The number of aromatic nitrogens is 8. The highest BCUT2D eigenvalue weighted by Gasteiger charge is 2.49. The fraction of sp³-hybridized carbons (Fsp3) is 0.462. The van der Waals surface area contributed by atoms with E-state index in [0.717, 1.165) is 12.1 Å². The van der Waals surface area contributed by atoms with Gasteiger partial charge in [0.15, 0.2) is 17.5 Å². The minimum absolute atomic E-state index is 0.00808. The van der Waals surface area contributed by atoms with E-state index >= 15 is 0 Å². The van der Waals surface area contributed by atoms with E-state index in [4.69, 9.17) is 14.2 Å². The average Bonchev–Trinajstić information content (AvgIpc) is 3.72. The first-order chi connectivity index (χ1) is 21.3. The molecule has 6 rings (SSSR count). The average molecular weight is 637 g/mol. The Labute approximate surface area is 251 Å². The van der Waals surface area contributed by atoms with Crippen LogP contribution in [0.4, 0.5) is 13.2 Å². The van der Waals surface area contributed by atoms with Crippen molar-refractivity contribution in [3.63, 3.8) is 0 Å². The van der Waals surface area contributed by atoms with Crippen LogP contribution >= 0.6 is 11.8 Å². The Kier molecular flexibility index (Phi) is 8.90. The zero-order valence-corrected chi connectivity index (χ0v) is 23.8. The van der Waals surface area contributed by atoms with E-state index in [2.05, 4.69) is 30.6 Å². The molecule has 0 saturated carbocycles. The molecule has 1 aromatic carbocycles. The molecule has 3 N–H and O–H groups in total. The summed E-state index contributed by atoms with van der Waals surface area (Å²) in [7, 11) is 1.39. The molecule has 14 nitrogen and oxygen atoms in total. The monoisotopic (exact) mass is 636 g/mol. The van der Waals surface area contributed by atoms with Crippen molar-refractivity contribution in [1.82, 2.24) is 40.0 Å². The molecule has 2 saturated heterocycles. The van der Waals surface area contributed by atoms with Crippen LogP contribution in [0.25, 0.3) is 22.6 Å². The number of nitrogens with zero attached hydrogens (tertiary/aromatic N) is 8. The summed E-state index contributed by atoms with van der Waals surface area (Å²) in [4.78, 5) is 8.24. The van der Waals surface area contributed by atoms with E-state index in [1.807, 2.05) is 0 Å². The highest BCUT2D eigenvalue weighted by molar-refractivity contribution is 8.00. The molecule has 234 valence electrons. The lowest BCUT2D eigenvalue weighted by atomic mass is 9.97. The predicted molar refractivity (Wildman–Crippen MR) is 145 cm³/mol. The van der Waals surface area contributed by atoms with Crippen molar-refractivity contribution in [2.75, 3.05) is 26.9 Å². The highest BCUT2D eigenvalue weighted by Crippen LogP contribution is 2.41. The maximum absolute atomic E-state index is 13.9. The van der Waals surface area contributed by atoms with Gasteiger partial charge in [0.2, 0.25) is 0 Å². The summed E-state index contributed by atoms with van der Waals surface area (Å²) < 4.78 is 61.5. The lowest BCUT2D eigenvalue weighted by molar-refractivity contribution is -0.186. The van der Waals surface area contributed by atoms with Gasteiger partial charge in [0.25, 0.3) is 0 Å². The summed E-state index contributed by atoms with van der Waals surface area (Å²) in [6.45, 7) is -0.248. The standard InChI is InChI=1S/C26H27F3N8O6S/c1-41-25-22(37-7-16(32-35-37)12-4-13(27)21(29)14(28)5-12)24(40)19(9-38)43-26(25)44-20-11-42-10-18(23(20)39)36-8-17(33-34-36)15-6-30-2-3-31-15/h2-8,18-20,22-26,38-40H,9-11H2,1H3. The van der Waals surface area contributed by atoms with Gasteiger partial charge in [-0.1, -0.05) is 10.4 Å². The van der Waals surface area contributed by atoms with Crippen molar-refractivity contribution in [3.05, 3.63) is 60.6 Å². The smallest absolute Gasteiger partial charge is 0.194 e. The molecule has 18 heteroatoms. The van der Waals surface area contributed by atoms with Gasteiger partial charge in [0.05, 0.1) is 49.8 Å². The summed E-state index contributed by atoms with van der Waals surface area (Å²) in [5.41, 5.74) is 0.0635. The number of thioether (sulfide) groups is 1. The first-order valence-corrected chi connectivity index (χ1v) is 14.4. The minimum atomic E-state index is -1.61. The number of aliphatic hydroxyl groups is 3. The molecule has 8 unspecified atom stereocenters. The predicted octanol–water partition coefficient (Wildman–Crippen LogP) is 0.779. The first-order valence-electron chi connectivity index (χ1n) is 13.4. The van der Waals surface area contributed by atoms with Gasteiger partial charge in [-0.2, -0.15) is 0 Å². The van der Waals surface area contributed by atoms with Crippen molar-refractivity contribution in [1.29, 1.82) is 0 Å². The van der Waals surface area contributed by atoms with Crippen molar-refractivity contribution in [3.8, 4) is 22.6 Å². The maximum Gasteiger partial charge on any atom is 0.194 e. The second kappa shape index (κ2) is 12.8. The lowest BCUT2D eigenvalue weighted by Gasteiger charge is -2.45. The molecule has 5 heterocycles. The van der Waals surface area contributed by atoms with Crippen LogP contribution in [0.5, 0.6) is 0 Å². The molecule has 2 aliphatic heterocycles. The molecule has 44 heavy (non-hydrogen) atoms. The quantitative estimate of drug-likeness (QED) is 0.232. The van der Waals surface area contributed by atoms with Crippen LogP contribution in [0.3, 0.4) is 0 Å². The molecule has 2 fully saturated rings. The molecule has 8 atom stereocenters. The molecule has 0 amide bonds. The van der Waals surface area contributed by atoms with Crippen molar-refractivity contribution in [2.24, 2.45) is 0 Å². The van der Waals surface area contributed by atoms with Crippen LogP contribution in [0.15, 0.2) is 43.1 Å². The summed E-state index contributed by atoms with van der Waals surface area (Å²) in [6, 6.07) is -0.0275. The van der Waals surface area contributed by atoms with Crippen LogP contribution in [-0.2, 0) is 14.2 Å². The largest absolute Gasteiger partial charge is 0.394 e. The Morgan fingerprint density at radius 3 is 2.41 bits per heavy atom. The van der Waals surface area contributed by atoms with Crippen LogP contribution in [0.2, 0.25) is 0 Å². The number of hydrogen-bond donors (Lipinski definition) is 3. The van der Waals surface area contributed by atoms with E-state index < -0.39 is 71.2 Å². The summed E-state index contributed by atoms with van der Waals surface area (Å²) >= 11 is 1.18. The topological polar surface area (TPSA) is 176 Å². The Morgan fingerprint density at radius 2 is 1.70 bits per heavy atom. The second-order valence-electron chi connectivity index (χ2n) is 10.2. The number of halogens is 3.